The Bertz CT molecular complexity index is 57.1. The maximum Gasteiger partial charge on any atom is 0.0541 e. The van der Waals surface area contributed by atoms with Gasteiger partial charge < -0.3 is 5.11 Å². The summed E-state index contributed by atoms with van der Waals surface area (Å²) in [6.45, 7) is 7.96. The molecule has 0 aromatic carbocycles. The molecule has 0 aliphatic rings. The molecular weight excluding hydrogens is 124 g/mol. The standard InChI is InChI=1S/C9H19O/c1-8(2)6-4-5-7-9(3)10/h8-10H,3-7H2,1-2H3. The fourth-order valence-electron chi connectivity index (χ4n) is 0.933. The Morgan fingerprint density at radius 2 is 1.70 bits per heavy atom. The molecular formula is C9H19O. The monoisotopic (exact) mass is 143 g/mol. The van der Waals surface area contributed by atoms with Gasteiger partial charge in [-0.3, -0.25) is 0 Å². The minimum Gasteiger partial charge on any atom is -0.393 e. The van der Waals surface area contributed by atoms with Gasteiger partial charge in [0.1, 0.15) is 0 Å². The second-order valence-corrected chi connectivity index (χ2v) is 3.33. The summed E-state index contributed by atoms with van der Waals surface area (Å²) >= 11 is 0. The van der Waals surface area contributed by atoms with E-state index in [9.17, 15) is 0 Å². The summed E-state index contributed by atoms with van der Waals surface area (Å²) in [5.74, 6) is 0.793. The maximum atomic E-state index is 8.81. The minimum atomic E-state index is -0.354. The largest absolute Gasteiger partial charge is 0.393 e. The molecule has 10 heavy (non-hydrogen) atoms. The highest BCUT2D eigenvalue weighted by Crippen LogP contribution is 2.08. The van der Waals surface area contributed by atoms with Crippen molar-refractivity contribution < 1.29 is 5.11 Å². The molecule has 0 aromatic rings. The van der Waals surface area contributed by atoms with E-state index in [0.29, 0.717) is 0 Å². The van der Waals surface area contributed by atoms with Crippen LogP contribution in [0.1, 0.15) is 39.5 Å². The van der Waals surface area contributed by atoms with Crippen LogP contribution in [0.4, 0.5) is 0 Å². The van der Waals surface area contributed by atoms with Gasteiger partial charge in [-0.15, -0.1) is 0 Å². The van der Waals surface area contributed by atoms with E-state index in [1.807, 2.05) is 0 Å². The number of hydrogen-bond acceptors (Lipinski definition) is 1. The van der Waals surface area contributed by atoms with Gasteiger partial charge in [0.05, 0.1) is 6.10 Å². The molecule has 0 bridgehead atoms. The number of unbranched alkanes of at least 4 members (excludes halogenated alkanes) is 1. The predicted octanol–water partition coefficient (Wildman–Crippen LogP) is 2.40. The van der Waals surface area contributed by atoms with E-state index in [1.54, 1.807) is 0 Å². The van der Waals surface area contributed by atoms with Gasteiger partial charge in [0.15, 0.2) is 0 Å². The molecule has 1 nitrogen and oxygen atoms in total. The van der Waals surface area contributed by atoms with Crippen molar-refractivity contribution in [1.29, 1.82) is 0 Å². The molecule has 0 aliphatic heterocycles. The molecule has 0 amide bonds. The summed E-state index contributed by atoms with van der Waals surface area (Å²) in [5.41, 5.74) is 0. The van der Waals surface area contributed by atoms with E-state index in [-0.39, 0.29) is 6.10 Å². The van der Waals surface area contributed by atoms with Gasteiger partial charge in [-0.05, 0) is 19.3 Å². The Balaban J connectivity index is 2.91. The molecule has 1 radical (unpaired) electrons. The third-order valence-electron chi connectivity index (χ3n) is 1.57. The molecule has 61 valence electrons. The van der Waals surface area contributed by atoms with Crippen LogP contribution in [0.5, 0.6) is 0 Å². The second-order valence-electron chi connectivity index (χ2n) is 3.33. The van der Waals surface area contributed by atoms with Crippen LogP contribution in [-0.4, -0.2) is 11.2 Å². The highest BCUT2D eigenvalue weighted by molar-refractivity contribution is 4.56. The van der Waals surface area contributed by atoms with Gasteiger partial charge in [0.25, 0.3) is 0 Å². The fraction of sp³-hybridized carbons (Fsp3) is 0.889. The zero-order chi connectivity index (χ0) is 7.98. The maximum absolute atomic E-state index is 8.81. The SMILES string of the molecule is [CH2]C(O)CCCCC(C)C. The summed E-state index contributed by atoms with van der Waals surface area (Å²) in [7, 11) is 0. The molecule has 0 aliphatic carbocycles. The van der Waals surface area contributed by atoms with Crippen LogP contribution < -0.4 is 0 Å². The first-order valence-electron chi connectivity index (χ1n) is 4.14. The van der Waals surface area contributed by atoms with Crippen molar-refractivity contribution >= 4 is 0 Å². The molecule has 1 N–H and O–H groups in total. The Kier molecular flexibility index (Phi) is 5.70. The van der Waals surface area contributed by atoms with Crippen LogP contribution in [0.2, 0.25) is 0 Å². The highest BCUT2D eigenvalue weighted by atomic mass is 16.3. The van der Waals surface area contributed by atoms with Crippen molar-refractivity contribution in [2.45, 2.75) is 45.6 Å². The smallest absolute Gasteiger partial charge is 0.0541 e. The van der Waals surface area contributed by atoms with E-state index in [2.05, 4.69) is 20.8 Å². The number of hydrogen-bond donors (Lipinski definition) is 1. The van der Waals surface area contributed by atoms with Gasteiger partial charge in [-0.2, -0.15) is 0 Å². The van der Waals surface area contributed by atoms with Gasteiger partial charge in [-0.25, -0.2) is 0 Å². The molecule has 0 rings (SSSR count). The van der Waals surface area contributed by atoms with Crippen LogP contribution in [0.15, 0.2) is 0 Å². The first-order valence-corrected chi connectivity index (χ1v) is 4.14. The topological polar surface area (TPSA) is 20.2 Å². The van der Waals surface area contributed by atoms with E-state index in [4.69, 9.17) is 5.11 Å². The zero-order valence-electron chi connectivity index (χ0n) is 7.14. The summed E-state index contributed by atoms with van der Waals surface area (Å²) in [6, 6.07) is 0. The third kappa shape index (κ3) is 7.96. The summed E-state index contributed by atoms with van der Waals surface area (Å²) < 4.78 is 0. The van der Waals surface area contributed by atoms with E-state index in [1.165, 1.54) is 12.8 Å². The second kappa shape index (κ2) is 5.72. The molecule has 1 unspecified atom stereocenters. The Morgan fingerprint density at radius 1 is 1.20 bits per heavy atom. The van der Waals surface area contributed by atoms with Gasteiger partial charge in [0, 0.05) is 0 Å². The molecule has 0 heterocycles. The van der Waals surface area contributed by atoms with Crippen LogP contribution in [0.3, 0.4) is 0 Å². The van der Waals surface area contributed by atoms with Crippen LogP contribution in [-0.2, 0) is 0 Å². The molecule has 0 fully saturated rings. The average molecular weight is 143 g/mol. The molecule has 1 heteroatoms. The van der Waals surface area contributed by atoms with Crippen molar-refractivity contribution in [3.05, 3.63) is 6.92 Å². The Labute approximate surface area is 64.5 Å². The first-order chi connectivity index (χ1) is 4.63. The van der Waals surface area contributed by atoms with Crippen LogP contribution in [0.25, 0.3) is 0 Å². The van der Waals surface area contributed by atoms with Crippen molar-refractivity contribution in [2.24, 2.45) is 5.92 Å². The van der Waals surface area contributed by atoms with Crippen LogP contribution >= 0.6 is 0 Å². The fourth-order valence-corrected chi connectivity index (χ4v) is 0.933. The molecule has 0 spiro atoms. The number of aliphatic hydroxyl groups is 1. The number of aliphatic hydroxyl groups excluding tert-OH is 1. The van der Waals surface area contributed by atoms with Gasteiger partial charge in [0.2, 0.25) is 0 Å². The lowest BCUT2D eigenvalue weighted by atomic mass is 10.0. The van der Waals surface area contributed by atoms with Gasteiger partial charge >= 0.3 is 0 Å². The van der Waals surface area contributed by atoms with Crippen molar-refractivity contribution in [3.63, 3.8) is 0 Å². The molecule has 1 atom stereocenters. The molecule has 0 saturated carbocycles. The molecule has 0 saturated heterocycles. The van der Waals surface area contributed by atoms with Crippen molar-refractivity contribution in [1.82, 2.24) is 0 Å². The lowest BCUT2D eigenvalue weighted by Gasteiger charge is -2.05. The van der Waals surface area contributed by atoms with Gasteiger partial charge in [-0.1, -0.05) is 33.1 Å². The summed E-state index contributed by atoms with van der Waals surface area (Å²) in [5, 5.41) is 8.81. The third-order valence-corrected chi connectivity index (χ3v) is 1.57. The zero-order valence-corrected chi connectivity index (χ0v) is 7.14. The van der Waals surface area contributed by atoms with Crippen LogP contribution in [0, 0.1) is 12.8 Å². The van der Waals surface area contributed by atoms with Crippen molar-refractivity contribution in [2.75, 3.05) is 0 Å². The lowest BCUT2D eigenvalue weighted by Crippen LogP contribution is -1.99. The minimum absolute atomic E-state index is 0.354. The van der Waals surface area contributed by atoms with E-state index < -0.39 is 0 Å². The Morgan fingerprint density at radius 3 is 2.10 bits per heavy atom. The van der Waals surface area contributed by atoms with Crippen molar-refractivity contribution in [3.8, 4) is 0 Å². The van der Waals surface area contributed by atoms with E-state index >= 15 is 0 Å². The summed E-state index contributed by atoms with van der Waals surface area (Å²) in [6.07, 6.45) is 4.11. The van der Waals surface area contributed by atoms with E-state index in [0.717, 1.165) is 18.8 Å². The first kappa shape index (κ1) is 9.96. The quantitative estimate of drug-likeness (QED) is 0.586. The summed E-state index contributed by atoms with van der Waals surface area (Å²) in [4.78, 5) is 0. The predicted molar refractivity (Wildman–Crippen MR) is 44.7 cm³/mol. The average Bonchev–Trinajstić information content (AvgIpc) is 1.79. The normalized spacial score (nSPS) is 14.1. The lowest BCUT2D eigenvalue weighted by molar-refractivity contribution is 0.205. The molecule has 0 aromatic heterocycles. The highest BCUT2D eigenvalue weighted by Gasteiger charge is 1.96. The Hall–Kier alpha value is -0.0400. The number of rotatable bonds is 5.